The molecule has 1 aliphatic rings. The maximum absolute atomic E-state index is 11.4. The Balaban J connectivity index is 1.80. The fraction of sp³-hybridized carbons (Fsp3) is 0.462. The van der Waals surface area contributed by atoms with E-state index in [9.17, 15) is 4.79 Å². The maximum Gasteiger partial charge on any atom is 0.410 e. The molecule has 0 radical (unpaired) electrons. The van der Waals surface area contributed by atoms with Crippen molar-refractivity contribution in [2.24, 2.45) is 0 Å². The molecule has 2 rings (SSSR count). The SMILES string of the molecule is CCCN1C[C@@H](COc2ccccc2)OC1=O. The summed E-state index contributed by atoms with van der Waals surface area (Å²) in [6.07, 6.45) is 0.559. The molecule has 4 nitrogen and oxygen atoms in total. The summed E-state index contributed by atoms with van der Waals surface area (Å²) >= 11 is 0. The van der Waals surface area contributed by atoms with Crippen LogP contribution in [0.25, 0.3) is 0 Å². The molecule has 0 spiro atoms. The van der Waals surface area contributed by atoms with Gasteiger partial charge in [0, 0.05) is 6.54 Å². The van der Waals surface area contributed by atoms with Gasteiger partial charge in [-0.15, -0.1) is 0 Å². The topological polar surface area (TPSA) is 38.8 Å². The number of amides is 1. The van der Waals surface area contributed by atoms with E-state index < -0.39 is 0 Å². The zero-order valence-electron chi connectivity index (χ0n) is 9.96. The summed E-state index contributed by atoms with van der Waals surface area (Å²) in [5, 5.41) is 0. The molecule has 1 heterocycles. The summed E-state index contributed by atoms with van der Waals surface area (Å²) < 4.78 is 10.8. The first kappa shape index (κ1) is 11.8. The lowest BCUT2D eigenvalue weighted by atomic mass is 10.3. The zero-order chi connectivity index (χ0) is 12.1. The molecule has 4 heteroatoms. The average Bonchev–Trinajstić information content (AvgIpc) is 2.70. The van der Waals surface area contributed by atoms with Gasteiger partial charge in [0.05, 0.1) is 6.54 Å². The van der Waals surface area contributed by atoms with Crippen molar-refractivity contribution in [3.63, 3.8) is 0 Å². The molecule has 0 aliphatic carbocycles. The van der Waals surface area contributed by atoms with Crippen LogP contribution in [0.5, 0.6) is 5.75 Å². The molecule has 1 amide bonds. The largest absolute Gasteiger partial charge is 0.490 e. The number of ether oxygens (including phenoxy) is 2. The molecule has 0 unspecified atom stereocenters. The summed E-state index contributed by atoms with van der Waals surface area (Å²) in [6, 6.07) is 9.55. The van der Waals surface area contributed by atoms with Gasteiger partial charge in [0.1, 0.15) is 12.4 Å². The van der Waals surface area contributed by atoms with Gasteiger partial charge in [-0.1, -0.05) is 25.1 Å². The first-order valence-corrected chi connectivity index (χ1v) is 5.93. The van der Waals surface area contributed by atoms with Gasteiger partial charge >= 0.3 is 6.09 Å². The molecule has 1 atom stereocenters. The van der Waals surface area contributed by atoms with Gasteiger partial charge in [-0.25, -0.2) is 4.79 Å². The van der Waals surface area contributed by atoms with Crippen molar-refractivity contribution in [2.45, 2.75) is 19.4 Å². The third-order valence-electron chi connectivity index (χ3n) is 2.62. The van der Waals surface area contributed by atoms with Crippen LogP contribution < -0.4 is 4.74 Å². The van der Waals surface area contributed by atoms with Crippen molar-refractivity contribution in [1.82, 2.24) is 4.90 Å². The fourth-order valence-corrected chi connectivity index (χ4v) is 1.82. The van der Waals surface area contributed by atoms with Crippen LogP contribution in [0.15, 0.2) is 30.3 Å². The number of benzene rings is 1. The summed E-state index contributed by atoms with van der Waals surface area (Å²) in [7, 11) is 0. The van der Waals surface area contributed by atoms with Crippen molar-refractivity contribution < 1.29 is 14.3 Å². The lowest BCUT2D eigenvalue weighted by Gasteiger charge is -2.11. The number of rotatable bonds is 5. The van der Waals surface area contributed by atoms with Gasteiger partial charge in [-0.05, 0) is 18.6 Å². The normalized spacial score (nSPS) is 19.2. The van der Waals surface area contributed by atoms with E-state index in [1.54, 1.807) is 4.90 Å². The Morgan fingerprint density at radius 2 is 2.18 bits per heavy atom. The molecule has 1 aliphatic heterocycles. The highest BCUT2D eigenvalue weighted by Crippen LogP contribution is 2.14. The van der Waals surface area contributed by atoms with Crippen LogP contribution in [0.1, 0.15) is 13.3 Å². The molecular weight excluding hydrogens is 218 g/mol. The Morgan fingerprint density at radius 1 is 1.41 bits per heavy atom. The summed E-state index contributed by atoms with van der Waals surface area (Å²) in [5.74, 6) is 0.803. The smallest absolute Gasteiger partial charge is 0.410 e. The standard InChI is InChI=1S/C13H17NO3/c1-2-8-14-9-12(17-13(14)15)10-16-11-6-4-3-5-7-11/h3-7,12H,2,8-10H2,1H3/t12-/m0/s1. The molecule has 0 N–H and O–H groups in total. The molecule has 17 heavy (non-hydrogen) atoms. The highest BCUT2D eigenvalue weighted by atomic mass is 16.6. The predicted octanol–water partition coefficient (Wildman–Crippen LogP) is 2.30. The lowest BCUT2D eigenvalue weighted by molar-refractivity contribution is 0.103. The molecule has 1 saturated heterocycles. The van der Waals surface area contributed by atoms with Crippen LogP contribution in [0.4, 0.5) is 4.79 Å². The monoisotopic (exact) mass is 235 g/mol. The second-order valence-corrected chi connectivity index (χ2v) is 4.08. The van der Waals surface area contributed by atoms with Crippen LogP contribution in [0.3, 0.4) is 0 Å². The van der Waals surface area contributed by atoms with E-state index in [4.69, 9.17) is 9.47 Å². The summed E-state index contributed by atoms with van der Waals surface area (Å²) in [6.45, 7) is 3.83. The van der Waals surface area contributed by atoms with E-state index in [-0.39, 0.29) is 12.2 Å². The van der Waals surface area contributed by atoms with E-state index in [1.807, 2.05) is 37.3 Å². The predicted molar refractivity (Wildman–Crippen MR) is 64.1 cm³/mol. The summed E-state index contributed by atoms with van der Waals surface area (Å²) in [4.78, 5) is 13.2. The van der Waals surface area contributed by atoms with E-state index in [0.717, 1.165) is 18.7 Å². The van der Waals surface area contributed by atoms with Crippen LogP contribution in [-0.2, 0) is 4.74 Å². The van der Waals surface area contributed by atoms with Crippen LogP contribution in [-0.4, -0.2) is 36.8 Å². The third kappa shape index (κ3) is 3.12. The molecule has 1 aromatic rings. The number of nitrogens with zero attached hydrogens (tertiary/aromatic N) is 1. The lowest BCUT2D eigenvalue weighted by Crippen LogP contribution is -2.27. The first-order valence-electron chi connectivity index (χ1n) is 5.93. The van der Waals surface area contributed by atoms with Gasteiger partial charge in [0.15, 0.2) is 6.10 Å². The van der Waals surface area contributed by atoms with E-state index in [1.165, 1.54) is 0 Å². The number of carbonyl (C=O) groups is 1. The second kappa shape index (κ2) is 5.57. The molecule has 92 valence electrons. The van der Waals surface area contributed by atoms with Crippen LogP contribution >= 0.6 is 0 Å². The minimum atomic E-state index is -0.228. The first-order chi connectivity index (χ1) is 8.29. The Morgan fingerprint density at radius 3 is 2.88 bits per heavy atom. The molecule has 0 aromatic heterocycles. The van der Waals surface area contributed by atoms with Crippen LogP contribution in [0.2, 0.25) is 0 Å². The van der Waals surface area contributed by atoms with Crippen LogP contribution in [0, 0.1) is 0 Å². The van der Waals surface area contributed by atoms with Gasteiger partial charge < -0.3 is 14.4 Å². The molecule has 0 bridgehead atoms. The van der Waals surface area contributed by atoms with E-state index >= 15 is 0 Å². The zero-order valence-corrected chi connectivity index (χ0v) is 9.96. The van der Waals surface area contributed by atoms with Crippen molar-refractivity contribution >= 4 is 6.09 Å². The third-order valence-corrected chi connectivity index (χ3v) is 2.62. The van der Waals surface area contributed by atoms with Gasteiger partial charge in [0.25, 0.3) is 0 Å². The van der Waals surface area contributed by atoms with Crippen molar-refractivity contribution in [3.05, 3.63) is 30.3 Å². The number of carbonyl (C=O) groups excluding carboxylic acids is 1. The highest BCUT2D eigenvalue weighted by Gasteiger charge is 2.30. The maximum atomic E-state index is 11.4. The minimum Gasteiger partial charge on any atom is -0.490 e. The molecule has 1 fully saturated rings. The van der Waals surface area contributed by atoms with E-state index in [2.05, 4.69) is 0 Å². The second-order valence-electron chi connectivity index (χ2n) is 4.08. The van der Waals surface area contributed by atoms with Crippen molar-refractivity contribution in [2.75, 3.05) is 19.7 Å². The van der Waals surface area contributed by atoms with Crippen molar-refractivity contribution in [3.8, 4) is 5.75 Å². The average molecular weight is 235 g/mol. The quantitative estimate of drug-likeness (QED) is 0.786. The Bertz CT molecular complexity index is 366. The number of cyclic esters (lactones) is 1. The molecular formula is C13H17NO3. The van der Waals surface area contributed by atoms with Gasteiger partial charge in [-0.2, -0.15) is 0 Å². The minimum absolute atomic E-state index is 0.158. The number of para-hydroxylation sites is 1. The molecule has 0 saturated carbocycles. The molecule has 1 aromatic carbocycles. The fourth-order valence-electron chi connectivity index (χ4n) is 1.82. The highest BCUT2D eigenvalue weighted by molar-refractivity contribution is 5.69. The number of hydrogen-bond acceptors (Lipinski definition) is 3. The Labute approximate surface area is 101 Å². The van der Waals surface area contributed by atoms with Gasteiger partial charge in [-0.3, -0.25) is 0 Å². The van der Waals surface area contributed by atoms with Gasteiger partial charge in [0.2, 0.25) is 0 Å². The Kier molecular flexibility index (Phi) is 3.85. The van der Waals surface area contributed by atoms with E-state index in [0.29, 0.717) is 13.2 Å². The van der Waals surface area contributed by atoms with Crippen molar-refractivity contribution in [1.29, 1.82) is 0 Å². The Hall–Kier alpha value is -1.71. The summed E-state index contributed by atoms with van der Waals surface area (Å²) in [5.41, 5.74) is 0. The number of hydrogen-bond donors (Lipinski definition) is 0.